The van der Waals surface area contributed by atoms with E-state index in [1.54, 1.807) is 20.8 Å². The third-order valence-electron chi connectivity index (χ3n) is 3.17. The van der Waals surface area contributed by atoms with E-state index in [4.69, 9.17) is 5.11 Å². The van der Waals surface area contributed by atoms with Gasteiger partial charge in [0.2, 0.25) is 0 Å². The predicted octanol–water partition coefficient (Wildman–Crippen LogP) is 2.49. The van der Waals surface area contributed by atoms with Crippen molar-refractivity contribution < 1.29 is 19.1 Å². The number of carboxylic acid groups (broad SMARTS) is 1. The van der Waals surface area contributed by atoms with E-state index >= 15 is 0 Å². The molecular weight excluding hydrogens is 289 g/mol. The number of aromatic nitrogens is 2. The molecule has 114 valence electrons. The van der Waals surface area contributed by atoms with Gasteiger partial charge in [0.05, 0.1) is 11.4 Å². The topological polar surface area (TPSA) is 92.2 Å². The summed E-state index contributed by atoms with van der Waals surface area (Å²) in [5.74, 6) is -2.61. The summed E-state index contributed by atoms with van der Waals surface area (Å²) in [5, 5.41) is 11.6. The van der Waals surface area contributed by atoms with Crippen molar-refractivity contribution in [1.82, 2.24) is 9.97 Å². The molecule has 0 fully saturated rings. The number of benzene rings is 1. The Morgan fingerprint density at radius 1 is 1.09 bits per heavy atom. The van der Waals surface area contributed by atoms with Crippen molar-refractivity contribution in [3.63, 3.8) is 0 Å². The van der Waals surface area contributed by atoms with Crippen LogP contribution in [0.2, 0.25) is 0 Å². The SMILES string of the molecule is Cc1ccc(F)cc1NC(=O)c1nc(C)c(C)nc1C(=O)O. The van der Waals surface area contributed by atoms with Crippen molar-refractivity contribution in [2.45, 2.75) is 20.8 Å². The van der Waals surface area contributed by atoms with E-state index in [-0.39, 0.29) is 11.4 Å². The molecule has 0 radical (unpaired) electrons. The number of aryl methyl sites for hydroxylation is 3. The van der Waals surface area contributed by atoms with Gasteiger partial charge in [0.25, 0.3) is 5.91 Å². The summed E-state index contributed by atoms with van der Waals surface area (Å²) in [6.45, 7) is 4.92. The zero-order valence-electron chi connectivity index (χ0n) is 12.3. The molecule has 0 saturated heterocycles. The number of rotatable bonds is 3. The fourth-order valence-corrected chi connectivity index (χ4v) is 1.82. The van der Waals surface area contributed by atoms with E-state index < -0.39 is 23.4 Å². The van der Waals surface area contributed by atoms with Crippen molar-refractivity contribution in [3.8, 4) is 0 Å². The number of carbonyl (C=O) groups is 2. The van der Waals surface area contributed by atoms with Crippen LogP contribution in [-0.4, -0.2) is 27.0 Å². The lowest BCUT2D eigenvalue weighted by Gasteiger charge is -2.10. The molecule has 0 atom stereocenters. The van der Waals surface area contributed by atoms with Crippen molar-refractivity contribution in [2.24, 2.45) is 0 Å². The minimum Gasteiger partial charge on any atom is -0.476 e. The summed E-state index contributed by atoms with van der Waals surface area (Å²) in [4.78, 5) is 31.4. The molecule has 2 aromatic rings. The van der Waals surface area contributed by atoms with Crippen molar-refractivity contribution in [2.75, 3.05) is 5.32 Å². The number of halogens is 1. The first kappa shape index (κ1) is 15.6. The molecule has 0 saturated carbocycles. The maximum Gasteiger partial charge on any atom is 0.356 e. The first-order valence-corrected chi connectivity index (χ1v) is 6.45. The molecule has 0 aliphatic heterocycles. The van der Waals surface area contributed by atoms with E-state index in [0.717, 1.165) is 6.07 Å². The molecule has 0 spiro atoms. The minimum atomic E-state index is -1.35. The first-order chi connectivity index (χ1) is 10.3. The highest BCUT2D eigenvalue weighted by Gasteiger charge is 2.22. The van der Waals surface area contributed by atoms with Gasteiger partial charge < -0.3 is 10.4 Å². The van der Waals surface area contributed by atoms with Crippen molar-refractivity contribution >= 4 is 17.6 Å². The van der Waals surface area contributed by atoms with Gasteiger partial charge in [0, 0.05) is 5.69 Å². The molecule has 22 heavy (non-hydrogen) atoms. The second kappa shape index (κ2) is 5.88. The van der Waals surface area contributed by atoms with Crippen LogP contribution in [0.3, 0.4) is 0 Å². The smallest absolute Gasteiger partial charge is 0.356 e. The third kappa shape index (κ3) is 3.08. The second-order valence-electron chi connectivity index (χ2n) is 4.81. The normalized spacial score (nSPS) is 10.4. The largest absolute Gasteiger partial charge is 0.476 e. The van der Waals surface area contributed by atoms with E-state index in [0.29, 0.717) is 17.0 Å². The van der Waals surface area contributed by atoms with Gasteiger partial charge in [-0.05, 0) is 38.5 Å². The fraction of sp³-hybridized carbons (Fsp3) is 0.200. The van der Waals surface area contributed by atoms with Crippen LogP contribution in [0.1, 0.15) is 37.9 Å². The zero-order valence-corrected chi connectivity index (χ0v) is 12.3. The van der Waals surface area contributed by atoms with Gasteiger partial charge in [-0.15, -0.1) is 0 Å². The Morgan fingerprint density at radius 2 is 1.68 bits per heavy atom. The molecule has 2 rings (SSSR count). The molecule has 2 N–H and O–H groups in total. The standard InChI is InChI=1S/C15H14FN3O3/c1-7-4-5-10(16)6-11(7)19-14(20)12-13(15(21)22)18-9(3)8(2)17-12/h4-6H,1-3H3,(H,19,20)(H,21,22). The Bertz CT molecular complexity index is 775. The summed E-state index contributed by atoms with van der Waals surface area (Å²) in [6.07, 6.45) is 0. The number of nitrogens with zero attached hydrogens (tertiary/aromatic N) is 2. The van der Waals surface area contributed by atoms with Gasteiger partial charge in [0.1, 0.15) is 5.82 Å². The van der Waals surface area contributed by atoms with E-state index in [9.17, 15) is 14.0 Å². The van der Waals surface area contributed by atoms with Crippen LogP contribution in [0.4, 0.5) is 10.1 Å². The molecule has 6 nitrogen and oxygen atoms in total. The third-order valence-corrected chi connectivity index (χ3v) is 3.17. The summed E-state index contributed by atoms with van der Waals surface area (Å²) >= 11 is 0. The number of hydrogen-bond acceptors (Lipinski definition) is 4. The highest BCUT2D eigenvalue weighted by Crippen LogP contribution is 2.18. The average molecular weight is 303 g/mol. The molecule has 1 heterocycles. The van der Waals surface area contributed by atoms with Gasteiger partial charge in [0.15, 0.2) is 11.4 Å². The van der Waals surface area contributed by atoms with E-state index in [1.165, 1.54) is 12.1 Å². The van der Waals surface area contributed by atoms with Crippen LogP contribution in [0, 0.1) is 26.6 Å². The van der Waals surface area contributed by atoms with Crippen LogP contribution in [0.15, 0.2) is 18.2 Å². The first-order valence-electron chi connectivity index (χ1n) is 6.45. The van der Waals surface area contributed by atoms with Crippen molar-refractivity contribution in [3.05, 3.63) is 52.4 Å². The number of nitrogens with one attached hydrogen (secondary N) is 1. The Labute approximate surface area is 126 Å². The molecule has 0 unspecified atom stereocenters. The molecule has 1 amide bonds. The summed E-state index contributed by atoms with van der Waals surface area (Å²) in [7, 11) is 0. The molecule has 0 aliphatic rings. The minimum absolute atomic E-state index is 0.251. The van der Waals surface area contributed by atoms with Gasteiger partial charge in [-0.25, -0.2) is 19.2 Å². The summed E-state index contributed by atoms with van der Waals surface area (Å²) in [6, 6.07) is 3.93. The molecule has 1 aromatic heterocycles. The van der Waals surface area contributed by atoms with E-state index in [2.05, 4.69) is 15.3 Å². The lowest BCUT2D eigenvalue weighted by atomic mass is 10.2. The highest BCUT2D eigenvalue weighted by molar-refractivity contribution is 6.08. The molecule has 7 heteroatoms. The Morgan fingerprint density at radius 3 is 2.27 bits per heavy atom. The van der Waals surface area contributed by atoms with Crippen LogP contribution in [0.5, 0.6) is 0 Å². The molecule has 0 aliphatic carbocycles. The summed E-state index contributed by atoms with van der Waals surface area (Å²) in [5.41, 5.74) is 1.03. The number of aromatic carboxylic acids is 1. The number of amides is 1. The Balaban J connectivity index is 2.43. The number of carbonyl (C=O) groups excluding carboxylic acids is 1. The Hall–Kier alpha value is -2.83. The maximum atomic E-state index is 13.3. The van der Waals surface area contributed by atoms with Gasteiger partial charge in [-0.3, -0.25) is 4.79 Å². The average Bonchev–Trinajstić information content (AvgIpc) is 2.45. The van der Waals surface area contributed by atoms with Gasteiger partial charge in [-0.1, -0.05) is 6.07 Å². The lowest BCUT2D eigenvalue weighted by molar-refractivity contribution is 0.0684. The fourth-order valence-electron chi connectivity index (χ4n) is 1.82. The number of hydrogen-bond donors (Lipinski definition) is 2. The van der Waals surface area contributed by atoms with Gasteiger partial charge >= 0.3 is 5.97 Å². The summed E-state index contributed by atoms with van der Waals surface area (Å²) < 4.78 is 13.3. The maximum absolute atomic E-state index is 13.3. The van der Waals surface area contributed by atoms with Crippen LogP contribution in [0.25, 0.3) is 0 Å². The Kier molecular flexibility index (Phi) is 4.16. The van der Waals surface area contributed by atoms with Crippen molar-refractivity contribution in [1.29, 1.82) is 0 Å². The quantitative estimate of drug-likeness (QED) is 0.908. The van der Waals surface area contributed by atoms with Crippen LogP contribution in [-0.2, 0) is 0 Å². The van der Waals surface area contributed by atoms with E-state index in [1.807, 2.05) is 0 Å². The lowest BCUT2D eigenvalue weighted by Crippen LogP contribution is -2.21. The van der Waals surface area contributed by atoms with Crippen LogP contribution < -0.4 is 5.32 Å². The van der Waals surface area contributed by atoms with Crippen LogP contribution >= 0.6 is 0 Å². The number of anilines is 1. The second-order valence-corrected chi connectivity index (χ2v) is 4.81. The predicted molar refractivity (Wildman–Crippen MR) is 77.6 cm³/mol. The zero-order chi connectivity index (χ0) is 16.4. The molecule has 0 bridgehead atoms. The number of carboxylic acids is 1. The molecular formula is C15H14FN3O3. The highest BCUT2D eigenvalue weighted by atomic mass is 19.1. The monoisotopic (exact) mass is 303 g/mol. The molecule has 1 aromatic carbocycles. The van der Waals surface area contributed by atoms with Gasteiger partial charge in [-0.2, -0.15) is 0 Å².